The molecule has 20 heavy (non-hydrogen) atoms. The van der Waals surface area contributed by atoms with E-state index in [2.05, 4.69) is 16.5 Å². The van der Waals surface area contributed by atoms with Gasteiger partial charge in [-0.05, 0) is 13.8 Å². The van der Waals surface area contributed by atoms with Gasteiger partial charge in [0.25, 0.3) is 5.56 Å². The Bertz CT molecular complexity index is 538. The van der Waals surface area contributed by atoms with Gasteiger partial charge < -0.3 is 15.0 Å². The third-order valence-corrected chi connectivity index (χ3v) is 3.63. The third-order valence-electron chi connectivity index (χ3n) is 2.77. The Morgan fingerprint density at radius 1 is 1.50 bits per heavy atom. The molecule has 6 nitrogen and oxygen atoms in total. The number of rotatable bonds is 7. The normalized spacial score (nSPS) is 10.3. The third kappa shape index (κ3) is 4.12. The second-order valence-corrected chi connectivity index (χ2v) is 4.98. The van der Waals surface area contributed by atoms with Crippen molar-refractivity contribution in [2.45, 2.75) is 25.4 Å². The van der Waals surface area contributed by atoms with Crippen LogP contribution in [0.1, 0.15) is 19.4 Å². The lowest BCUT2D eigenvalue weighted by atomic mass is 10.2. The molecule has 0 spiro atoms. The van der Waals surface area contributed by atoms with E-state index in [1.165, 1.54) is 6.08 Å². The van der Waals surface area contributed by atoms with Crippen molar-refractivity contribution in [3.63, 3.8) is 0 Å². The van der Waals surface area contributed by atoms with Crippen molar-refractivity contribution in [2.24, 2.45) is 0 Å². The zero-order valence-corrected chi connectivity index (χ0v) is 12.5. The Hall–Kier alpha value is -1.76. The van der Waals surface area contributed by atoms with E-state index in [1.807, 2.05) is 13.8 Å². The van der Waals surface area contributed by atoms with Crippen LogP contribution in [0.4, 0.5) is 0 Å². The number of hydrogen-bond acceptors (Lipinski definition) is 5. The molecule has 0 radical (unpaired) electrons. The number of hydrogen-bond donors (Lipinski definition) is 2. The number of H-pyrrole nitrogens is 1. The molecule has 0 aliphatic heterocycles. The highest BCUT2D eigenvalue weighted by Gasteiger charge is 2.13. The van der Waals surface area contributed by atoms with E-state index in [-0.39, 0.29) is 34.7 Å². The second kappa shape index (κ2) is 7.74. The fraction of sp³-hybridized carbons (Fsp3) is 0.462. The Balaban J connectivity index is 2.77. The summed E-state index contributed by atoms with van der Waals surface area (Å²) in [4.78, 5) is 31.7. The smallest absolute Gasteiger partial charge is 0.258 e. The summed E-state index contributed by atoms with van der Waals surface area (Å²) < 4.78 is 0. The summed E-state index contributed by atoms with van der Waals surface area (Å²) in [5.74, 6) is -0.172. The van der Waals surface area contributed by atoms with Crippen molar-refractivity contribution in [3.05, 3.63) is 28.6 Å². The molecule has 2 N–H and O–H groups in total. The first-order valence-corrected chi connectivity index (χ1v) is 7.35. The van der Waals surface area contributed by atoms with Crippen LogP contribution >= 0.6 is 11.8 Å². The minimum atomic E-state index is -0.407. The van der Waals surface area contributed by atoms with Gasteiger partial charge in [-0.2, -0.15) is 4.98 Å². The lowest BCUT2D eigenvalue weighted by Gasteiger charge is -2.17. The number of carbonyl (C=O) groups excluding carboxylic acids is 1. The van der Waals surface area contributed by atoms with Crippen LogP contribution in [0.25, 0.3) is 0 Å². The number of aromatic amines is 1. The average molecular weight is 297 g/mol. The molecule has 0 aliphatic rings. The molecular formula is C13H19N3O3S. The van der Waals surface area contributed by atoms with Gasteiger partial charge in [0.1, 0.15) is 0 Å². The Morgan fingerprint density at radius 2 is 2.15 bits per heavy atom. The fourth-order valence-corrected chi connectivity index (χ4v) is 2.42. The molecule has 0 bridgehead atoms. The van der Waals surface area contributed by atoms with Crippen LogP contribution < -0.4 is 5.56 Å². The first kappa shape index (κ1) is 16.3. The molecule has 7 heteroatoms. The maximum absolute atomic E-state index is 11.8. The zero-order chi connectivity index (χ0) is 15.1. The predicted molar refractivity (Wildman–Crippen MR) is 79.1 cm³/mol. The summed E-state index contributed by atoms with van der Waals surface area (Å²) in [6.07, 6.45) is 1.76. The standard InChI is InChI=1S/C13H19N3O3S/c1-4-7-9-11(18)14-13(15-12(9)19)20-8-10(17)16(5-2)6-3/h4H,1,5-8H2,2-3H3,(H2,14,15,18,19). The van der Waals surface area contributed by atoms with E-state index in [0.717, 1.165) is 11.8 Å². The van der Waals surface area contributed by atoms with Crippen molar-refractivity contribution in [3.8, 4) is 5.88 Å². The summed E-state index contributed by atoms with van der Waals surface area (Å²) in [5, 5.41) is 9.92. The summed E-state index contributed by atoms with van der Waals surface area (Å²) in [6.45, 7) is 8.61. The Labute approximate surface area is 121 Å². The molecule has 1 heterocycles. The number of carbonyl (C=O) groups is 1. The molecule has 0 saturated heterocycles. The number of amides is 1. The maximum atomic E-state index is 11.8. The van der Waals surface area contributed by atoms with E-state index >= 15 is 0 Å². The van der Waals surface area contributed by atoms with Crippen LogP contribution in [-0.2, 0) is 11.2 Å². The monoisotopic (exact) mass is 297 g/mol. The number of nitrogens with zero attached hydrogens (tertiary/aromatic N) is 2. The molecule has 0 aromatic carbocycles. The molecule has 0 aliphatic carbocycles. The van der Waals surface area contributed by atoms with Crippen LogP contribution in [0.3, 0.4) is 0 Å². The molecular weight excluding hydrogens is 278 g/mol. The number of allylic oxidation sites excluding steroid dienone is 1. The summed E-state index contributed by atoms with van der Waals surface area (Å²) in [6, 6.07) is 0. The van der Waals surface area contributed by atoms with Crippen molar-refractivity contribution in [1.29, 1.82) is 0 Å². The minimum absolute atomic E-state index is 0.0303. The molecule has 1 rings (SSSR count). The molecule has 0 saturated carbocycles. The van der Waals surface area contributed by atoms with Gasteiger partial charge in [-0.1, -0.05) is 17.8 Å². The first-order valence-electron chi connectivity index (χ1n) is 6.37. The highest BCUT2D eigenvalue weighted by molar-refractivity contribution is 7.99. The lowest BCUT2D eigenvalue weighted by molar-refractivity contribution is -0.127. The first-order chi connectivity index (χ1) is 9.53. The van der Waals surface area contributed by atoms with E-state index < -0.39 is 5.56 Å². The fourth-order valence-electron chi connectivity index (χ4n) is 1.66. The molecule has 0 unspecified atom stereocenters. The number of aromatic nitrogens is 2. The predicted octanol–water partition coefficient (Wildman–Crippen LogP) is 1.16. The highest BCUT2D eigenvalue weighted by atomic mass is 32.2. The topological polar surface area (TPSA) is 86.3 Å². The molecule has 1 aromatic rings. The Kier molecular flexibility index (Phi) is 6.30. The van der Waals surface area contributed by atoms with E-state index in [9.17, 15) is 14.7 Å². The largest absolute Gasteiger partial charge is 0.493 e. The highest BCUT2D eigenvalue weighted by Crippen LogP contribution is 2.17. The van der Waals surface area contributed by atoms with Gasteiger partial charge >= 0.3 is 0 Å². The Morgan fingerprint density at radius 3 is 2.65 bits per heavy atom. The van der Waals surface area contributed by atoms with Gasteiger partial charge in [-0.15, -0.1) is 6.58 Å². The van der Waals surface area contributed by atoms with Crippen molar-refractivity contribution >= 4 is 17.7 Å². The lowest BCUT2D eigenvalue weighted by Crippen LogP contribution is -2.32. The van der Waals surface area contributed by atoms with E-state index in [1.54, 1.807) is 4.90 Å². The van der Waals surface area contributed by atoms with Gasteiger partial charge in [0.05, 0.1) is 11.3 Å². The molecule has 1 amide bonds. The minimum Gasteiger partial charge on any atom is -0.493 e. The van der Waals surface area contributed by atoms with Crippen LogP contribution in [0, 0.1) is 0 Å². The molecule has 0 fully saturated rings. The molecule has 0 atom stereocenters. The average Bonchev–Trinajstić information content (AvgIpc) is 2.42. The van der Waals surface area contributed by atoms with Crippen LogP contribution in [0.5, 0.6) is 5.88 Å². The van der Waals surface area contributed by atoms with Gasteiger partial charge in [0.2, 0.25) is 11.8 Å². The van der Waals surface area contributed by atoms with Crippen LogP contribution in [0.15, 0.2) is 22.6 Å². The number of thioether (sulfide) groups is 1. The van der Waals surface area contributed by atoms with E-state index in [4.69, 9.17) is 0 Å². The zero-order valence-electron chi connectivity index (χ0n) is 11.7. The van der Waals surface area contributed by atoms with Gasteiger partial charge in [-0.25, -0.2) is 0 Å². The molecule has 1 aromatic heterocycles. The summed E-state index contributed by atoms with van der Waals surface area (Å²) in [7, 11) is 0. The van der Waals surface area contributed by atoms with E-state index in [0.29, 0.717) is 13.1 Å². The number of nitrogens with one attached hydrogen (secondary N) is 1. The quantitative estimate of drug-likeness (QED) is 0.448. The number of aromatic hydroxyl groups is 1. The summed E-state index contributed by atoms with van der Waals surface area (Å²) in [5.41, 5.74) is -0.227. The maximum Gasteiger partial charge on any atom is 0.258 e. The van der Waals surface area contributed by atoms with Crippen LogP contribution in [0.2, 0.25) is 0 Å². The van der Waals surface area contributed by atoms with Crippen LogP contribution in [-0.4, -0.2) is 44.7 Å². The van der Waals surface area contributed by atoms with Gasteiger partial charge in [0.15, 0.2) is 5.16 Å². The van der Waals surface area contributed by atoms with Crippen molar-refractivity contribution in [1.82, 2.24) is 14.9 Å². The molecule has 110 valence electrons. The SMILES string of the molecule is C=CCc1c(O)nc(SCC(=O)N(CC)CC)[nH]c1=O. The van der Waals surface area contributed by atoms with Crippen molar-refractivity contribution in [2.75, 3.05) is 18.8 Å². The van der Waals surface area contributed by atoms with Gasteiger partial charge in [0, 0.05) is 19.5 Å². The van der Waals surface area contributed by atoms with Crippen molar-refractivity contribution < 1.29 is 9.90 Å². The summed E-state index contributed by atoms with van der Waals surface area (Å²) >= 11 is 1.10. The second-order valence-electron chi connectivity index (χ2n) is 4.02. The van der Waals surface area contributed by atoms with Gasteiger partial charge in [-0.3, -0.25) is 9.59 Å².